The molecule has 5 rings (SSSR count). The molecule has 0 radical (unpaired) electrons. The number of nitrogens with zero attached hydrogens (tertiary/aromatic N) is 3. The number of piperazine rings is 1. The molecule has 3 heterocycles. The normalized spacial score (nSPS) is 15.2. The van der Waals surface area contributed by atoms with Gasteiger partial charge < -0.3 is 15.3 Å². The van der Waals surface area contributed by atoms with Crippen molar-refractivity contribution in [1.29, 1.82) is 0 Å². The van der Waals surface area contributed by atoms with E-state index in [-0.39, 0.29) is 18.0 Å². The van der Waals surface area contributed by atoms with Crippen LogP contribution in [0.2, 0.25) is 5.02 Å². The fourth-order valence-corrected chi connectivity index (χ4v) is 6.23. The van der Waals surface area contributed by atoms with E-state index in [9.17, 15) is 19.5 Å². The van der Waals surface area contributed by atoms with Gasteiger partial charge in [-0.15, -0.1) is 11.3 Å². The molecule has 0 spiro atoms. The minimum Gasteiger partial charge on any atom is -0.480 e. The minimum absolute atomic E-state index is 0.0335. The highest BCUT2D eigenvalue weighted by Crippen LogP contribution is 2.31. The number of para-hydroxylation sites is 1. The maximum absolute atomic E-state index is 14.3. The standard InChI is InChI=1S/C31H31ClN4O4S/c1-4-19-7-6-8-20(5-2)27(19)36-18(3)23(29(37)35-14-13-33-25(16-35)31(39)40)15-24(30(36)38)28-34-26(17-41-28)21-9-11-22(32)12-10-21/h6-12,15,17,25,33H,4-5,13-14,16H2,1-3H3,(H,39,40)/t25-/m0/s1. The topological polar surface area (TPSA) is 105 Å². The number of rotatable bonds is 7. The van der Waals surface area contributed by atoms with Crippen molar-refractivity contribution < 1.29 is 14.7 Å². The summed E-state index contributed by atoms with van der Waals surface area (Å²) in [6.45, 7) is 6.62. The molecule has 0 saturated carbocycles. The van der Waals surface area contributed by atoms with E-state index in [4.69, 9.17) is 16.6 Å². The lowest BCUT2D eigenvalue weighted by molar-refractivity contribution is -0.140. The molecule has 10 heteroatoms. The van der Waals surface area contributed by atoms with Gasteiger partial charge in [-0.25, -0.2) is 4.98 Å². The molecule has 8 nitrogen and oxygen atoms in total. The Morgan fingerprint density at radius 1 is 1.12 bits per heavy atom. The molecule has 0 aliphatic carbocycles. The van der Waals surface area contributed by atoms with Gasteiger partial charge in [0, 0.05) is 41.3 Å². The fraction of sp³-hybridized carbons (Fsp3) is 0.290. The minimum atomic E-state index is -1.01. The molecule has 2 N–H and O–H groups in total. The van der Waals surface area contributed by atoms with Crippen molar-refractivity contribution in [3.8, 4) is 27.5 Å². The zero-order valence-electron chi connectivity index (χ0n) is 23.1. The van der Waals surface area contributed by atoms with Crippen LogP contribution in [0, 0.1) is 6.92 Å². The largest absolute Gasteiger partial charge is 0.480 e. The predicted octanol–water partition coefficient (Wildman–Crippen LogP) is 5.21. The summed E-state index contributed by atoms with van der Waals surface area (Å²) < 4.78 is 1.65. The first-order valence-electron chi connectivity index (χ1n) is 13.6. The smallest absolute Gasteiger partial charge is 0.322 e. The van der Waals surface area contributed by atoms with E-state index in [0.29, 0.717) is 58.5 Å². The zero-order valence-corrected chi connectivity index (χ0v) is 24.7. The third-order valence-electron chi connectivity index (χ3n) is 7.50. The first-order valence-corrected chi connectivity index (χ1v) is 14.8. The van der Waals surface area contributed by atoms with Crippen molar-refractivity contribution in [3.05, 3.63) is 91.7 Å². The molecule has 1 aliphatic rings. The molecule has 4 aromatic rings. The van der Waals surface area contributed by atoms with Crippen LogP contribution in [0.3, 0.4) is 0 Å². The Labute approximate surface area is 247 Å². The van der Waals surface area contributed by atoms with Gasteiger partial charge in [0.05, 0.1) is 22.5 Å². The van der Waals surface area contributed by atoms with Gasteiger partial charge in [-0.3, -0.25) is 19.0 Å². The first kappa shape index (κ1) is 28.7. The van der Waals surface area contributed by atoms with E-state index in [2.05, 4.69) is 5.32 Å². The Morgan fingerprint density at radius 2 is 1.80 bits per heavy atom. The molecule has 1 atom stereocenters. The van der Waals surface area contributed by atoms with Gasteiger partial charge in [-0.2, -0.15) is 0 Å². The van der Waals surface area contributed by atoms with Crippen LogP contribution in [-0.4, -0.2) is 57.1 Å². The van der Waals surface area contributed by atoms with Crippen LogP contribution in [0.5, 0.6) is 0 Å². The van der Waals surface area contributed by atoms with Crippen molar-refractivity contribution in [1.82, 2.24) is 19.8 Å². The van der Waals surface area contributed by atoms with Gasteiger partial charge in [0.15, 0.2) is 0 Å². The maximum Gasteiger partial charge on any atom is 0.322 e. The van der Waals surface area contributed by atoms with Crippen LogP contribution in [0.15, 0.2) is 58.7 Å². The van der Waals surface area contributed by atoms with Crippen molar-refractivity contribution in [2.45, 2.75) is 39.7 Å². The van der Waals surface area contributed by atoms with E-state index in [0.717, 1.165) is 22.4 Å². The van der Waals surface area contributed by atoms with E-state index >= 15 is 0 Å². The Kier molecular flexibility index (Phi) is 8.40. The molecule has 1 aliphatic heterocycles. The molecule has 2 aromatic carbocycles. The Morgan fingerprint density at radius 3 is 2.44 bits per heavy atom. The molecular weight excluding hydrogens is 560 g/mol. The van der Waals surface area contributed by atoms with Crippen molar-refractivity contribution in [2.75, 3.05) is 19.6 Å². The van der Waals surface area contributed by atoms with Crippen LogP contribution in [0.1, 0.15) is 41.0 Å². The molecule has 212 valence electrons. The van der Waals surface area contributed by atoms with Gasteiger partial charge in [-0.05, 0) is 49.1 Å². The van der Waals surface area contributed by atoms with E-state index in [1.54, 1.807) is 34.6 Å². The lowest BCUT2D eigenvalue weighted by atomic mass is 10.0. The summed E-state index contributed by atoms with van der Waals surface area (Å²) in [6.07, 6.45) is 1.41. The third kappa shape index (κ3) is 5.57. The summed E-state index contributed by atoms with van der Waals surface area (Å²) in [4.78, 5) is 46.3. The number of thiazole rings is 1. The summed E-state index contributed by atoms with van der Waals surface area (Å²) in [7, 11) is 0. The number of hydrogen-bond acceptors (Lipinski definition) is 6. The zero-order chi connectivity index (χ0) is 29.3. The van der Waals surface area contributed by atoms with Gasteiger partial charge in [0.25, 0.3) is 11.5 Å². The molecular formula is C31H31ClN4O4S. The molecule has 41 heavy (non-hydrogen) atoms. The quantitative estimate of drug-likeness (QED) is 0.306. The van der Waals surface area contributed by atoms with Gasteiger partial charge in [-0.1, -0.05) is 55.8 Å². The number of carbonyl (C=O) groups excluding carboxylic acids is 1. The summed E-state index contributed by atoms with van der Waals surface area (Å²) >= 11 is 7.40. The van der Waals surface area contributed by atoms with Gasteiger partial charge in [0.1, 0.15) is 11.0 Å². The average molecular weight is 591 g/mol. The van der Waals surface area contributed by atoms with E-state index in [1.165, 1.54) is 11.3 Å². The van der Waals surface area contributed by atoms with E-state index < -0.39 is 12.0 Å². The number of benzene rings is 2. The number of pyridine rings is 1. The van der Waals surface area contributed by atoms with Crippen LogP contribution >= 0.6 is 22.9 Å². The number of carboxylic acid groups (broad SMARTS) is 1. The monoisotopic (exact) mass is 590 g/mol. The molecule has 1 fully saturated rings. The van der Waals surface area contributed by atoms with Crippen molar-refractivity contribution in [2.24, 2.45) is 0 Å². The maximum atomic E-state index is 14.3. The number of aryl methyl sites for hydroxylation is 2. The lowest BCUT2D eigenvalue weighted by Crippen LogP contribution is -2.55. The highest BCUT2D eigenvalue weighted by molar-refractivity contribution is 7.13. The summed E-state index contributed by atoms with van der Waals surface area (Å²) in [5.74, 6) is -1.32. The number of amides is 1. The number of halogens is 1. The Balaban J connectivity index is 1.71. The highest BCUT2D eigenvalue weighted by Gasteiger charge is 2.31. The van der Waals surface area contributed by atoms with Crippen LogP contribution < -0.4 is 10.9 Å². The van der Waals surface area contributed by atoms with Crippen LogP contribution in [0.25, 0.3) is 27.5 Å². The second-order valence-corrected chi connectivity index (χ2v) is 11.3. The number of carboxylic acids is 1. The molecule has 0 bridgehead atoms. The summed E-state index contributed by atoms with van der Waals surface area (Å²) in [5.41, 5.74) is 5.28. The molecule has 1 saturated heterocycles. The second-order valence-electron chi connectivity index (χ2n) is 9.97. The lowest BCUT2D eigenvalue weighted by Gasteiger charge is -2.32. The van der Waals surface area contributed by atoms with Gasteiger partial charge >= 0.3 is 5.97 Å². The summed E-state index contributed by atoms with van der Waals surface area (Å²) in [5, 5.41) is 15.5. The van der Waals surface area contributed by atoms with E-state index in [1.807, 2.05) is 49.6 Å². The third-order valence-corrected chi connectivity index (χ3v) is 8.63. The predicted molar refractivity (Wildman–Crippen MR) is 162 cm³/mol. The summed E-state index contributed by atoms with van der Waals surface area (Å²) in [6, 6.07) is 14.1. The molecule has 1 amide bonds. The first-order chi connectivity index (χ1) is 19.7. The average Bonchev–Trinajstić information content (AvgIpc) is 3.47. The van der Waals surface area contributed by atoms with Crippen molar-refractivity contribution in [3.63, 3.8) is 0 Å². The number of aromatic nitrogens is 2. The van der Waals surface area contributed by atoms with Crippen molar-refractivity contribution >= 4 is 34.8 Å². The Hall–Kier alpha value is -3.79. The highest BCUT2D eigenvalue weighted by atomic mass is 35.5. The fourth-order valence-electron chi connectivity index (χ4n) is 5.27. The number of nitrogens with one attached hydrogen (secondary N) is 1. The SMILES string of the molecule is CCc1cccc(CC)c1-n1c(C)c(C(=O)N2CCN[C@H](C(=O)O)C2)cc(-c2nc(-c3ccc(Cl)cc3)cs2)c1=O. The Bertz CT molecular complexity index is 1660. The van der Waals surface area contributed by atoms with Crippen LogP contribution in [0.4, 0.5) is 0 Å². The second kappa shape index (κ2) is 12.0. The van der Waals surface area contributed by atoms with Crippen LogP contribution in [-0.2, 0) is 17.6 Å². The number of hydrogen-bond donors (Lipinski definition) is 2. The number of aliphatic carboxylic acids is 1. The number of carbonyl (C=O) groups is 2. The molecule has 2 aromatic heterocycles. The van der Waals surface area contributed by atoms with Gasteiger partial charge in [0.2, 0.25) is 0 Å². The molecule has 0 unspecified atom stereocenters.